The van der Waals surface area contributed by atoms with Crippen molar-refractivity contribution in [2.45, 2.75) is 6.42 Å². The average Bonchev–Trinajstić information content (AvgIpc) is 3.12. The fourth-order valence-corrected chi connectivity index (χ4v) is 2.99. The van der Waals surface area contributed by atoms with E-state index in [1.807, 2.05) is 0 Å². The van der Waals surface area contributed by atoms with Gasteiger partial charge in [-0.1, -0.05) is 29.3 Å². The molecule has 0 saturated carbocycles. The lowest BCUT2D eigenvalue weighted by molar-refractivity contribution is -0.115. The van der Waals surface area contributed by atoms with Crippen molar-refractivity contribution >= 4 is 35.1 Å². The number of carbonyl (C=O) groups excluding carboxylic acids is 1. The van der Waals surface area contributed by atoms with E-state index in [0.29, 0.717) is 38.5 Å². The number of anilines is 1. The Hall–Kier alpha value is -2.77. The molecule has 0 fully saturated rings. The second-order valence-electron chi connectivity index (χ2n) is 5.50. The molecule has 140 valence electrons. The lowest BCUT2D eigenvalue weighted by Gasteiger charge is -2.08. The molecule has 3 rings (SSSR count). The van der Waals surface area contributed by atoms with E-state index in [-0.39, 0.29) is 18.3 Å². The zero-order chi connectivity index (χ0) is 19.4. The number of rotatable bonds is 6. The summed E-state index contributed by atoms with van der Waals surface area (Å²) in [5.74, 6) is 1.46. The van der Waals surface area contributed by atoms with Gasteiger partial charge in [0.1, 0.15) is 11.5 Å². The van der Waals surface area contributed by atoms with Gasteiger partial charge in [-0.2, -0.15) is 4.98 Å². The molecule has 1 aromatic heterocycles. The molecule has 0 atom stereocenters. The van der Waals surface area contributed by atoms with Crippen LogP contribution in [0.5, 0.6) is 11.5 Å². The summed E-state index contributed by atoms with van der Waals surface area (Å²) in [5, 5.41) is 10.3. The maximum Gasteiger partial charge on any atom is 0.249 e. The van der Waals surface area contributed by atoms with Crippen LogP contribution in [0, 0.1) is 0 Å². The first-order valence-corrected chi connectivity index (χ1v) is 8.65. The summed E-state index contributed by atoms with van der Waals surface area (Å²) < 4.78 is 10.5. The van der Waals surface area contributed by atoms with Crippen LogP contribution in [-0.4, -0.2) is 35.3 Å². The molecule has 0 radical (unpaired) electrons. The number of ether oxygens (including phenoxy) is 2. The first-order chi connectivity index (χ1) is 13.0. The van der Waals surface area contributed by atoms with Crippen molar-refractivity contribution in [2.24, 2.45) is 0 Å². The highest BCUT2D eigenvalue weighted by Gasteiger charge is 2.15. The molecule has 9 heteroatoms. The van der Waals surface area contributed by atoms with E-state index in [0.717, 1.165) is 0 Å². The number of hydrogen-bond acceptors (Lipinski definition) is 5. The molecule has 0 bridgehead atoms. The minimum atomic E-state index is -0.336. The third-order valence-corrected chi connectivity index (χ3v) is 4.51. The zero-order valence-corrected chi connectivity index (χ0v) is 16.1. The fraction of sp³-hybridized carbons (Fsp3) is 0.167. The third-order valence-electron chi connectivity index (χ3n) is 3.80. The lowest BCUT2D eigenvalue weighted by atomic mass is 10.1. The van der Waals surface area contributed by atoms with Crippen molar-refractivity contribution in [1.82, 2.24) is 15.2 Å². The van der Waals surface area contributed by atoms with E-state index in [4.69, 9.17) is 32.7 Å². The van der Waals surface area contributed by atoms with E-state index < -0.39 is 0 Å². The highest BCUT2D eigenvalue weighted by molar-refractivity contribution is 6.36. The number of H-pyrrole nitrogens is 1. The Morgan fingerprint density at radius 2 is 1.89 bits per heavy atom. The van der Waals surface area contributed by atoms with Crippen LogP contribution < -0.4 is 14.8 Å². The molecule has 1 heterocycles. The van der Waals surface area contributed by atoms with Crippen LogP contribution in [0.25, 0.3) is 11.4 Å². The molecule has 0 saturated heterocycles. The molecule has 27 heavy (non-hydrogen) atoms. The molecule has 2 aromatic carbocycles. The van der Waals surface area contributed by atoms with Crippen molar-refractivity contribution in [3.63, 3.8) is 0 Å². The Morgan fingerprint density at radius 1 is 1.15 bits per heavy atom. The lowest BCUT2D eigenvalue weighted by Crippen LogP contribution is -2.16. The molecule has 0 spiro atoms. The predicted octanol–water partition coefficient (Wildman–Crippen LogP) is 3.98. The van der Waals surface area contributed by atoms with E-state index in [9.17, 15) is 4.79 Å². The number of methoxy groups -OCH3 is 2. The van der Waals surface area contributed by atoms with Crippen molar-refractivity contribution in [3.05, 3.63) is 52.0 Å². The predicted molar refractivity (Wildman–Crippen MR) is 104 cm³/mol. The number of amides is 1. The molecule has 0 aliphatic carbocycles. The Labute approximate surface area is 165 Å². The molecular formula is C18H16Cl2N4O3. The highest BCUT2D eigenvalue weighted by Crippen LogP contribution is 2.31. The van der Waals surface area contributed by atoms with Crippen LogP contribution in [0.15, 0.2) is 36.4 Å². The average molecular weight is 407 g/mol. The van der Waals surface area contributed by atoms with Crippen LogP contribution >= 0.6 is 23.2 Å². The van der Waals surface area contributed by atoms with Gasteiger partial charge in [0.2, 0.25) is 11.9 Å². The van der Waals surface area contributed by atoms with Gasteiger partial charge in [-0.15, -0.1) is 5.10 Å². The first-order valence-electron chi connectivity index (χ1n) is 7.89. The Kier molecular flexibility index (Phi) is 5.83. The summed E-state index contributed by atoms with van der Waals surface area (Å²) >= 11 is 12.2. The van der Waals surface area contributed by atoms with Gasteiger partial charge in [0, 0.05) is 16.1 Å². The van der Waals surface area contributed by atoms with Crippen molar-refractivity contribution in [2.75, 3.05) is 19.5 Å². The summed E-state index contributed by atoms with van der Waals surface area (Å²) in [4.78, 5) is 16.6. The maximum atomic E-state index is 12.3. The minimum Gasteiger partial charge on any atom is -0.497 e. The molecule has 0 aliphatic rings. The van der Waals surface area contributed by atoms with Gasteiger partial charge in [0.25, 0.3) is 0 Å². The largest absolute Gasteiger partial charge is 0.497 e. The number of benzene rings is 2. The SMILES string of the molecule is COc1ccc(-c2nc(NC(=O)Cc3c(Cl)cccc3Cl)n[nH]2)c(OC)c1. The summed E-state index contributed by atoms with van der Waals surface area (Å²) in [6, 6.07) is 10.4. The Morgan fingerprint density at radius 3 is 2.56 bits per heavy atom. The second kappa shape index (κ2) is 8.28. The number of aromatic amines is 1. The zero-order valence-electron chi connectivity index (χ0n) is 14.5. The van der Waals surface area contributed by atoms with E-state index >= 15 is 0 Å². The van der Waals surface area contributed by atoms with Gasteiger partial charge in [-0.05, 0) is 29.8 Å². The number of carbonyl (C=O) groups is 1. The van der Waals surface area contributed by atoms with Gasteiger partial charge in [0.05, 0.1) is 26.2 Å². The van der Waals surface area contributed by atoms with Crippen LogP contribution in [-0.2, 0) is 11.2 Å². The van der Waals surface area contributed by atoms with Gasteiger partial charge < -0.3 is 9.47 Å². The second-order valence-corrected chi connectivity index (χ2v) is 6.31. The Bertz CT molecular complexity index is 955. The van der Waals surface area contributed by atoms with E-state index in [1.54, 1.807) is 50.6 Å². The number of nitrogens with zero attached hydrogens (tertiary/aromatic N) is 2. The van der Waals surface area contributed by atoms with Crippen molar-refractivity contribution < 1.29 is 14.3 Å². The van der Waals surface area contributed by atoms with Crippen LogP contribution in [0.2, 0.25) is 10.0 Å². The summed E-state index contributed by atoms with van der Waals surface area (Å²) in [6.45, 7) is 0. The maximum absolute atomic E-state index is 12.3. The van der Waals surface area contributed by atoms with E-state index in [1.165, 1.54) is 0 Å². The normalized spacial score (nSPS) is 10.5. The van der Waals surface area contributed by atoms with Gasteiger partial charge in [-0.3, -0.25) is 15.2 Å². The number of halogens is 2. The van der Waals surface area contributed by atoms with Crippen LogP contribution in [0.4, 0.5) is 5.95 Å². The van der Waals surface area contributed by atoms with Crippen molar-refractivity contribution in [1.29, 1.82) is 0 Å². The molecule has 0 aliphatic heterocycles. The quantitative estimate of drug-likeness (QED) is 0.646. The molecule has 7 nitrogen and oxygen atoms in total. The summed E-state index contributed by atoms with van der Waals surface area (Å²) in [5.41, 5.74) is 1.23. The van der Waals surface area contributed by atoms with Crippen molar-refractivity contribution in [3.8, 4) is 22.9 Å². The first kappa shape index (κ1) is 19.0. The van der Waals surface area contributed by atoms with Crippen LogP contribution in [0.3, 0.4) is 0 Å². The molecule has 1 amide bonds. The fourth-order valence-electron chi connectivity index (χ4n) is 2.46. The minimum absolute atomic E-state index is 0.00817. The highest BCUT2D eigenvalue weighted by atomic mass is 35.5. The monoisotopic (exact) mass is 406 g/mol. The Balaban J connectivity index is 1.76. The molecule has 3 aromatic rings. The smallest absolute Gasteiger partial charge is 0.249 e. The summed E-state index contributed by atoms with van der Waals surface area (Å²) in [6.07, 6.45) is 0.00817. The molecule has 0 unspecified atom stereocenters. The van der Waals surface area contributed by atoms with Gasteiger partial charge >= 0.3 is 0 Å². The summed E-state index contributed by atoms with van der Waals surface area (Å²) in [7, 11) is 3.12. The molecule has 2 N–H and O–H groups in total. The number of hydrogen-bond donors (Lipinski definition) is 2. The van der Waals surface area contributed by atoms with E-state index in [2.05, 4.69) is 20.5 Å². The standard InChI is InChI=1S/C18H16Cl2N4O3/c1-26-10-6-7-11(15(8-10)27-2)17-22-18(24-23-17)21-16(25)9-12-13(19)4-3-5-14(12)20/h3-8H,9H2,1-2H3,(H2,21,22,23,24,25). The molecular weight excluding hydrogens is 391 g/mol. The third kappa shape index (κ3) is 4.32. The van der Waals surface area contributed by atoms with Gasteiger partial charge in [0.15, 0.2) is 5.82 Å². The van der Waals surface area contributed by atoms with Gasteiger partial charge in [-0.25, -0.2) is 0 Å². The van der Waals surface area contributed by atoms with Crippen LogP contribution in [0.1, 0.15) is 5.56 Å². The number of aromatic nitrogens is 3. The topological polar surface area (TPSA) is 89.1 Å². The number of nitrogens with one attached hydrogen (secondary N) is 2.